The lowest BCUT2D eigenvalue weighted by molar-refractivity contribution is 0.585. The van der Waals surface area contributed by atoms with Crippen molar-refractivity contribution < 1.29 is 8.85 Å². The van der Waals surface area contributed by atoms with E-state index >= 15 is 0 Å². The predicted octanol–water partition coefficient (Wildman–Crippen LogP) is 11.4. The van der Waals surface area contributed by atoms with Gasteiger partial charge in [-0.3, -0.25) is 0 Å². The lowest BCUT2D eigenvalue weighted by Crippen LogP contribution is -2.86. The topological polar surface area (TPSA) is 24.9 Å². The molecule has 0 aromatic heterocycles. The molecule has 0 N–H and O–H groups in total. The first-order valence-electron chi connectivity index (χ1n) is 18.8. The van der Waals surface area contributed by atoms with E-state index in [0.29, 0.717) is 0 Å². The first-order valence-corrected chi connectivity index (χ1v) is 49.7. The maximum Gasteiger partial charge on any atom is 0.206 e. The molecule has 0 bridgehead atoms. The van der Waals surface area contributed by atoms with Crippen molar-refractivity contribution in [2.75, 3.05) is 29.6 Å². The molecule has 0 amide bonds. The van der Waals surface area contributed by atoms with E-state index < -0.39 is 59.3 Å². The third-order valence-corrected chi connectivity index (χ3v) is 146. The fraction of sp³-hybridized carbons (Fsp3) is 0.676. The highest BCUT2D eigenvalue weighted by Gasteiger charge is 2.66. The number of aryl methyl sites for hydroxylation is 4. The molecular formula is C37H76N2O2Si8. The lowest BCUT2D eigenvalue weighted by Gasteiger charge is -2.55. The van der Waals surface area contributed by atoms with Gasteiger partial charge in [0.15, 0.2) is 0 Å². The summed E-state index contributed by atoms with van der Waals surface area (Å²) < 4.78 is 15.2. The first kappa shape index (κ1) is 42.8. The van der Waals surface area contributed by atoms with Gasteiger partial charge in [-0.25, -0.2) is 0 Å². The highest BCUT2D eigenvalue weighted by Crippen LogP contribution is 2.43. The zero-order valence-electron chi connectivity index (χ0n) is 36.1. The summed E-state index contributed by atoms with van der Waals surface area (Å²) in [6, 6.07) is 9.56. The van der Waals surface area contributed by atoms with E-state index in [1.165, 1.54) is 33.6 Å². The van der Waals surface area contributed by atoms with Crippen LogP contribution in [0.25, 0.3) is 0 Å². The molecular weight excluding hydrogens is 729 g/mol. The standard InChI is InChI=1S/C37H76N2O2Si8/c1-30-25-34(40-48(42(5,6)7,43(8,9)10)44(11,12)13)26-31(2)36(30)38-23-24-39(29-38)37-32(3)27-35(28-33(37)4)41-49(45(14,15)16,46(17,18)19)47(20,21)22/h25-28H,23-24,29H2,1-22H3. The second kappa shape index (κ2) is 13.7. The second-order valence-corrected chi connectivity index (χ2v) is 100. The summed E-state index contributed by atoms with van der Waals surface area (Å²) in [5.41, 5.74) is 8.19. The number of anilines is 2. The third-order valence-electron chi connectivity index (χ3n) is 11.4. The normalized spacial score (nSPS) is 16.0. The molecule has 0 unspecified atom stereocenters. The highest BCUT2D eigenvalue weighted by atomic mass is 29.9. The Morgan fingerprint density at radius 3 is 0.776 bits per heavy atom. The number of nitrogens with zero attached hydrogens (tertiary/aromatic N) is 2. The third kappa shape index (κ3) is 7.72. The molecule has 1 aliphatic rings. The Labute approximate surface area is 310 Å². The fourth-order valence-electron chi connectivity index (χ4n) is 11.9. The van der Waals surface area contributed by atoms with Gasteiger partial charge in [-0.05, 0) is 74.2 Å². The largest absolute Gasteiger partial charge is 0.552 e. The summed E-state index contributed by atoms with van der Waals surface area (Å²) in [5.74, 6) is 2.29. The average Bonchev–Trinajstić information content (AvgIpc) is 3.29. The van der Waals surface area contributed by atoms with Crippen molar-refractivity contribution in [3.8, 4) is 11.5 Å². The average molecular weight is 806 g/mol. The van der Waals surface area contributed by atoms with E-state index in [4.69, 9.17) is 8.85 Å². The van der Waals surface area contributed by atoms with Crippen molar-refractivity contribution in [3.05, 3.63) is 46.5 Å². The van der Waals surface area contributed by atoms with Gasteiger partial charge in [-0.2, -0.15) is 0 Å². The van der Waals surface area contributed by atoms with Crippen molar-refractivity contribution in [2.24, 2.45) is 0 Å². The van der Waals surface area contributed by atoms with E-state index in [1.54, 1.807) is 0 Å². The van der Waals surface area contributed by atoms with Gasteiger partial charge in [0.05, 0.1) is 52.2 Å². The Morgan fingerprint density at radius 1 is 0.388 bits per heavy atom. The Balaban J connectivity index is 1.98. The summed E-state index contributed by atoms with van der Waals surface area (Å²) in [7, 11) is -9.28. The molecule has 0 radical (unpaired) electrons. The lowest BCUT2D eigenvalue weighted by atomic mass is 10.1. The monoisotopic (exact) mass is 804 g/mol. The molecule has 4 nitrogen and oxygen atoms in total. The quantitative estimate of drug-likeness (QED) is 0.200. The van der Waals surface area contributed by atoms with E-state index in [9.17, 15) is 0 Å². The van der Waals surface area contributed by atoms with Crippen molar-refractivity contribution in [1.29, 1.82) is 0 Å². The number of rotatable bonds is 12. The van der Waals surface area contributed by atoms with Crippen LogP contribution in [0.2, 0.25) is 118 Å². The molecule has 0 atom stereocenters. The SMILES string of the molecule is Cc1cc(O[Si]([Si](C)(C)C)([Si](C)(C)C)[Si](C)(C)C)cc(C)c1N1CCN(c2c(C)cc(O[Si]([Si](C)(C)C)([Si](C)(C)C)[Si](C)(C)C)cc2C)C1. The Morgan fingerprint density at radius 2 is 0.592 bits per heavy atom. The number of hydrogen-bond donors (Lipinski definition) is 0. The molecule has 2 aromatic carbocycles. The van der Waals surface area contributed by atoms with Crippen LogP contribution in [0.4, 0.5) is 11.4 Å². The van der Waals surface area contributed by atoms with E-state index in [0.717, 1.165) is 31.3 Å². The second-order valence-electron chi connectivity index (χ2n) is 21.5. The molecule has 0 aliphatic carbocycles. The van der Waals surface area contributed by atoms with Crippen LogP contribution in [0.3, 0.4) is 0 Å². The van der Waals surface area contributed by atoms with Gasteiger partial charge in [0.2, 0.25) is 13.7 Å². The summed E-state index contributed by atoms with van der Waals surface area (Å²) in [4.78, 5) is 5.22. The fourth-order valence-corrected chi connectivity index (χ4v) is 198. The van der Waals surface area contributed by atoms with Crippen LogP contribution in [0, 0.1) is 27.7 Å². The summed E-state index contributed by atoms with van der Waals surface area (Å²) >= 11 is 0. The van der Waals surface area contributed by atoms with Crippen LogP contribution in [0.1, 0.15) is 22.3 Å². The van der Waals surface area contributed by atoms with Crippen molar-refractivity contribution in [1.82, 2.24) is 0 Å². The van der Waals surface area contributed by atoms with E-state index in [2.05, 4.69) is 180 Å². The van der Waals surface area contributed by atoms with Crippen LogP contribution in [-0.4, -0.2) is 79.0 Å². The highest BCUT2D eigenvalue weighted by molar-refractivity contribution is 7.88. The van der Waals surface area contributed by atoms with Gasteiger partial charge in [-0.1, -0.05) is 118 Å². The summed E-state index contributed by atoms with van der Waals surface area (Å²) in [5, 5.41) is 0. The van der Waals surface area contributed by atoms with E-state index in [-0.39, 0.29) is 0 Å². The minimum atomic E-state index is -1.96. The maximum absolute atomic E-state index is 7.60. The van der Waals surface area contributed by atoms with Crippen LogP contribution >= 0.6 is 0 Å². The molecule has 1 heterocycles. The van der Waals surface area contributed by atoms with Gasteiger partial charge in [0.25, 0.3) is 0 Å². The Bertz CT molecular complexity index is 1290. The zero-order valence-corrected chi connectivity index (χ0v) is 44.1. The molecule has 2 aromatic rings. The van der Waals surface area contributed by atoms with Gasteiger partial charge >= 0.3 is 0 Å². The van der Waals surface area contributed by atoms with Crippen LogP contribution in [0.5, 0.6) is 11.5 Å². The molecule has 12 heteroatoms. The molecule has 3 rings (SSSR count). The van der Waals surface area contributed by atoms with Crippen molar-refractivity contribution in [2.45, 2.75) is 146 Å². The maximum atomic E-state index is 7.60. The minimum absolute atomic E-state index is 0.915. The predicted molar refractivity (Wildman–Crippen MR) is 244 cm³/mol. The summed E-state index contributed by atoms with van der Waals surface area (Å²) in [6.07, 6.45) is 0. The van der Waals surface area contributed by atoms with Gasteiger partial charge in [-0.15, -0.1) is 0 Å². The molecule has 0 saturated carbocycles. The van der Waals surface area contributed by atoms with Crippen LogP contribution in [-0.2, 0) is 0 Å². The van der Waals surface area contributed by atoms with Gasteiger partial charge in [0.1, 0.15) is 11.5 Å². The molecule has 1 aliphatic heterocycles. The van der Waals surface area contributed by atoms with Gasteiger partial charge in [0, 0.05) is 24.5 Å². The molecule has 0 spiro atoms. The smallest absolute Gasteiger partial charge is 0.206 e. The molecule has 1 saturated heterocycles. The van der Waals surface area contributed by atoms with Crippen LogP contribution < -0.4 is 18.7 Å². The van der Waals surface area contributed by atoms with Gasteiger partial charge < -0.3 is 18.7 Å². The molecule has 278 valence electrons. The summed E-state index contributed by atoms with van der Waals surface area (Å²) in [6.45, 7) is 55.2. The van der Waals surface area contributed by atoms with Crippen molar-refractivity contribution in [3.63, 3.8) is 0 Å². The molecule has 1 fully saturated rings. The minimum Gasteiger partial charge on any atom is -0.552 e. The van der Waals surface area contributed by atoms with Crippen LogP contribution in [0.15, 0.2) is 24.3 Å². The number of hydrogen-bond acceptors (Lipinski definition) is 4. The van der Waals surface area contributed by atoms with Crippen molar-refractivity contribution >= 4 is 70.7 Å². The first-order chi connectivity index (χ1) is 21.7. The molecule has 49 heavy (non-hydrogen) atoms. The van der Waals surface area contributed by atoms with E-state index in [1.807, 2.05) is 0 Å². The zero-order chi connectivity index (χ0) is 38.1. The Kier molecular flexibility index (Phi) is 11.9. The Hall–Kier alpha value is -0.625. The number of benzene rings is 2.